The molecule has 16 bridgehead atoms. The van der Waals surface area contributed by atoms with E-state index in [0.29, 0.717) is 51.9 Å². The van der Waals surface area contributed by atoms with Gasteiger partial charge >= 0.3 is 0 Å². The third-order valence-corrected chi connectivity index (χ3v) is 12.3. The molecule has 0 aromatic heterocycles. The van der Waals surface area contributed by atoms with Crippen LogP contribution in [0.1, 0.15) is 44.5 Å². The van der Waals surface area contributed by atoms with Crippen molar-refractivity contribution in [2.24, 2.45) is 0 Å². The highest BCUT2D eigenvalue weighted by atomic mass is 16.3. The second-order valence-corrected chi connectivity index (χ2v) is 16.7. The number of allylic oxidation sites excluding steroid dienone is 2. The average Bonchev–Trinajstić information content (AvgIpc) is 3.30. The van der Waals surface area contributed by atoms with Gasteiger partial charge in [-0.05, 0) is 72.2 Å². The Kier molecular flexibility index (Phi) is 11.8. The van der Waals surface area contributed by atoms with Crippen molar-refractivity contribution in [2.45, 2.75) is 51.9 Å². The second kappa shape index (κ2) is 18.2. The van der Waals surface area contributed by atoms with Gasteiger partial charge < -0.3 is 41.7 Å². The standard InChI is InChI=1S/C56H52N4O4/c1-35-27-37-11-3-15-41(53(37)61)31-57-49-23-7-21-47-45(49)19-9-25-51(47)59-33-43-17-5-13-39(55(43)63)29-36(2)30-40-14-6-18-44(56(40)64)34-60-52-26-10-20-46-48(52)22-8-24-50(46)58-32-42-16-4-12-38(28-35)54(42)62/h3-26,57-64H,1-2,27-34H2. The Morgan fingerprint density at radius 1 is 0.281 bits per heavy atom. The van der Waals surface area contributed by atoms with E-state index in [-0.39, 0.29) is 23.0 Å². The van der Waals surface area contributed by atoms with Gasteiger partial charge in [-0.2, -0.15) is 0 Å². The largest absolute Gasteiger partial charge is 0.507 e. The number of para-hydroxylation sites is 4. The van der Waals surface area contributed by atoms with Gasteiger partial charge in [0.2, 0.25) is 0 Å². The maximum absolute atomic E-state index is 11.5. The summed E-state index contributed by atoms with van der Waals surface area (Å²) in [6.45, 7) is 10.3. The van der Waals surface area contributed by atoms with E-state index in [9.17, 15) is 20.4 Å². The molecular formula is C56H52N4O4. The van der Waals surface area contributed by atoms with E-state index in [4.69, 9.17) is 0 Å². The van der Waals surface area contributed by atoms with Crippen LogP contribution in [0.15, 0.2) is 170 Å². The molecule has 0 radical (unpaired) electrons. The molecule has 8 heteroatoms. The fourth-order valence-corrected chi connectivity index (χ4v) is 8.92. The van der Waals surface area contributed by atoms with Crippen molar-refractivity contribution in [1.29, 1.82) is 0 Å². The summed E-state index contributed by atoms with van der Waals surface area (Å²) >= 11 is 0. The van der Waals surface area contributed by atoms with Crippen LogP contribution in [-0.4, -0.2) is 20.4 Å². The van der Waals surface area contributed by atoms with Gasteiger partial charge in [0.15, 0.2) is 0 Å². The number of benzene rings is 8. The number of phenolic OH excluding ortho intramolecular Hbond substituents is 4. The first-order valence-corrected chi connectivity index (χ1v) is 21.7. The summed E-state index contributed by atoms with van der Waals surface area (Å²) in [7, 11) is 0. The molecule has 0 saturated carbocycles. The fourth-order valence-electron chi connectivity index (χ4n) is 8.92. The van der Waals surface area contributed by atoms with Crippen molar-refractivity contribution in [3.63, 3.8) is 0 Å². The van der Waals surface area contributed by atoms with Gasteiger partial charge in [-0.1, -0.05) is 146 Å². The third kappa shape index (κ3) is 8.76. The first-order valence-electron chi connectivity index (χ1n) is 21.7. The van der Waals surface area contributed by atoms with Crippen LogP contribution in [-0.2, 0) is 51.9 Å². The lowest BCUT2D eigenvalue weighted by Gasteiger charge is -2.17. The first-order chi connectivity index (χ1) is 31.2. The first kappa shape index (κ1) is 41.5. The van der Waals surface area contributed by atoms with Crippen LogP contribution in [0.4, 0.5) is 22.7 Å². The van der Waals surface area contributed by atoms with Crippen LogP contribution >= 0.6 is 0 Å². The Hall–Kier alpha value is -7.84. The third-order valence-electron chi connectivity index (χ3n) is 12.3. The molecule has 1 aliphatic heterocycles. The van der Waals surface area contributed by atoms with Crippen molar-refractivity contribution >= 4 is 44.3 Å². The molecule has 0 amide bonds. The molecule has 0 fully saturated rings. The fraction of sp³-hybridized carbons (Fsp3) is 0.143. The van der Waals surface area contributed by atoms with Gasteiger partial charge in [0.05, 0.1) is 0 Å². The van der Waals surface area contributed by atoms with Crippen molar-refractivity contribution in [1.82, 2.24) is 0 Å². The van der Waals surface area contributed by atoms with Gasteiger partial charge in [0.25, 0.3) is 0 Å². The lowest BCUT2D eigenvalue weighted by atomic mass is 9.96. The summed E-state index contributed by atoms with van der Waals surface area (Å²) in [5, 5.41) is 64.3. The van der Waals surface area contributed by atoms with Crippen molar-refractivity contribution in [2.75, 3.05) is 21.3 Å². The van der Waals surface area contributed by atoms with E-state index in [1.807, 2.05) is 121 Å². The van der Waals surface area contributed by atoms with Crippen LogP contribution in [0.2, 0.25) is 0 Å². The minimum Gasteiger partial charge on any atom is -0.507 e. The zero-order valence-corrected chi connectivity index (χ0v) is 35.7. The zero-order chi connectivity index (χ0) is 44.2. The smallest absolute Gasteiger partial charge is 0.124 e. The van der Waals surface area contributed by atoms with Gasteiger partial charge in [-0.3, -0.25) is 0 Å². The maximum Gasteiger partial charge on any atom is 0.124 e. The van der Waals surface area contributed by atoms with E-state index in [1.54, 1.807) is 0 Å². The molecule has 1 heterocycles. The molecule has 0 unspecified atom stereocenters. The normalized spacial score (nSPS) is 13.9. The predicted molar refractivity (Wildman–Crippen MR) is 263 cm³/mol. The van der Waals surface area contributed by atoms with Crippen LogP contribution in [0.3, 0.4) is 0 Å². The molecule has 320 valence electrons. The van der Waals surface area contributed by atoms with Crippen molar-refractivity contribution in [3.8, 4) is 23.0 Å². The molecule has 0 spiro atoms. The summed E-state index contributed by atoms with van der Waals surface area (Å²) in [5.41, 5.74) is 11.6. The number of fused-ring (bicyclic) bond motifs is 8. The monoisotopic (exact) mass is 844 g/mol. The van der Waals surface area contributed by atoms with Gasteiger partial charge in [-0.15, -0.1) is 0 Å². The lowest BCUT2D eigenvalue weighted by molar-refractivity contribution is 0.460. The molecule has 8 nitrogen and oxygen atoms in total. The van der Waals surface area contributed by atoms with Gasteiger partial charge in [0.1, 0.15) is 23.0 Å². The number of anilines is 4. The second-order valence-electron chi connectivity index (χ2n) is 16.7. The quantitative estimate of drug-likeness (QED) is 0.0709. The molecule has 64 heavy (non-hydrogen) atoms. The van der Waals surface area contributed by atoms with Crippen molar-refractivity contribution in [3.05, 3.63) is 214 Å². The molecule has 0 atom stereocenters. The van der Waals surface area contributed by atoms with E-state index in [0.717, 1.165) is 99.9 Å². The van der Waals surface area contributed by atoms with E-state index in [1.165, 1.54) is 0 Å². The molecule has 8 N–H and O–H groups in total. The van der Waals surface area contributed by atoms with Crippen molar-refractivity contribution < 1.29 is 20.4 Å². The molecule has 9 rings (SSSR count). The summed E-state index contributed by atoms with van der Waals surface area (Å²) in [5.74, 6) is 0.904. The molecule has 0 saturated heterocycles. The molecular weight excluding hydrogens is 793 g/mol. The maximum atomic E-state index is 11.5. The minimum atomic E-state index is 0.226. The Morgan fingerprint density at radius 3 is 0.719 bits per heavy atom. The minimum absolute atomic E-state index is 0.226. The molecule has 1 aliphatic rings. The Labute approximate surface area is 373 Å². The Balaban J connectivity index is 1.03. The highest BCUT2D eigenvalue weighted by molar-refractivity contribution is 6.02. The lowest BCUT2D eigenvalue weighted by Crippen LogP contribution is -2.05. The molecule has 0 aliphatic carbocycles. The predicted octanol–water partition coefficient (Wildman–Crippen LogP) is 12.3. The average molecular weight is 845 g/mol. The number of aromatic hydroxyl groups is 4. The van der Waals surface area contributed by atoms with Gasteiger partial charge in [-0.25, -0.2) is 0 Å². The number of phenols is 4. The van der Waals surface area contributed by atoms with Crippen LogP contribution in [0.25, 0.3) is 21.5 Å². The number of nitrogens with one attached hydrogen (secondary N) is 4. The summed E-state index contributed by atoms with van der Waals surface area (Å²) in [4.78, 5) is 0. The van der Waals surface area contributed by atoms with Crippen LogP contribution in [0, 0.1) is 0 Å². The van der Waals surface area contributed by atoms with Gasteiger partial charge in [0, 0.05) is 92.7 Å². The van der Waals surface area contributed by atoms with E-state index >= 15 is 0 Å². The number of hydrogen-bond acceptors (Lipinski definition) is 8. The summed E-state index contributed by atoms with van der Waals surface area (Å²) in [6, 6.07) is 47.7. The zero-order valence-electron chi connectivity index (χ0n) is 35.7. The summed E-state index contributed by atoms with van der Waals surface area (Å²) < 4.78 is 0. The highest BCUT2D eigenvalue weighted by Gasteiger charge is 2.16. The topological polar surface area (TPSA) is 129 Å². The van der Waals surface area contributed by atoms with Crippen LogP contribution in [0.5, 0.6) is 23.0 Å². The Morgan fingerprint density at radius 2 is 0.484 bits per heavy atom. The van der Waals surface area contributed by atoms with E-state index < -0.39 is 0 Å². The molecule has 8 aromatic rings. The number of hydrogen-bond donors (Lipinski definition) is 8. The number of rotatable bonds is 0. The Bertz CT molecular complexity index is 2660. The SMILES string of the molecule is C=C1Cc2cccc(c2O)CNc2cccc3c(cccc23)NCc2cccc(c2O)CC(=C)Cc2cccc(c2O)CNc2cccc3c(cccc23)NCc2cccc(c2O)C1. The summed E-state index contributed by atoms with van der Waals surface area (Å²) in [6.07, 6.45) is 1.82. The molecule has 8 aromatic carbocycles. The highest BCUT2D eigenvalue weighted by Crippen LogP contribution is 2.36. The van der Waals surface area contributed by atoms with E-state index in [2.05, 4.69) is 58.7 Å². The van der Waals surface area contributed by atoms with Crippen LogP contribution < -0.4 is 21.3 Å².